The van der Waals surface area contributed by atoms with Gasteiger partial charge >= 0.3 is 5.97 Å². The standard InChI is InChI=1S/C13H26N2O4S/c1-11(2)15(10-12-6-4-8-14-12)20(17,18)9-5-7-13(16)19-3/h11-12,14H,4-10H2,1-3H3. The number of carbonyl (C=O) groups is 1. The molecule has 1 aliphatic rings. The van der Waals surface area contributed by atoms with Crippen LogP contribution in [0.3, 0.4) is 0 Å². The fourth-order valence-corrected chi connectivity index (χ4v) is 4.19. The number of hydrogen-bond acceptors (Lipinski definition) is 5. The van der Waals surface area contributed by atoms with E-state index in [1.807, 2.05) is 13.8 Å². The Balaban J connectivity index is 2.56. The van der Waals surface area contributed by atoms with E-state index in [-0.39, 0.29) is 30.2 Å². The van der Waals surface area contributed by atoms with E-state index in [0.717, 1.165) is 19.4 Å². The second kappa shape index (κ2) is 7.95. The summed E-state index contributed by atoms with van der Waals surface area (Å²) in [6.07, 6.45) is 2.56. The van der Waals surface area contributed by atoms with Crippen LogP contribution >= 0.6 is 0 Å². The zero-order chi connectivity index (χ0) is 15.2. The fourth-order valence-electron chi connectivity index (χ4n) is 2.39. The van der Waals surface area contributed by atoms with E-state index in [4.69, 9.17) is 0 Å². The Labute approximate surface area is 121 Å². The predicted octanol–water partition coefficient (Wildman–Crippen LogP) is 0.732. The minimum Gasteiger partial charge on any atom is -0.469 e. The highest BCUT2D eigenvalue weighted by Crippen LogP contribution is 2.15. The molecule has 0 bridgehead atoms. The maximum Gasteiger partial charge on any atom is 0.305 e. The van der Waals surface area contributed by atoms with Gasteiger partial charge < -0.3 is 10.1 Å². The van der Waals surface area contributed by atoms with Gasteiger partial charge in [-0.05, 0) is 39.7 Å². The van der Waals surface area contributed by atoms with Crippen LogP contribution in [0, 0.1) is 0 Å². The van der Waals surface area contributed by atoms with Crippen molar-refractivity contribution in [2.75, 3.05) is 26.0 Å². The number of ether oxygens (including phenoxy) is 1. The first-order valence-electron chi connectivity index (χ1n) is 7.16. The normalized spacial score (nSPS) is 19.8. The summed E-state index contributed by atoms with van der Waals surface area (Å²) >= 11 is 0. The maximum atomic E-state index is 12.4. The Hall–Kier alpha value is -0.660. The summed E-state index contributed by atoms with van der Waals surface area (Å²) in [5.41, 5.74) is 0. The molecule has 118 valence electrons. The van der Waals surface area contributed by atoms with Crippen LogP contribution in [0.2, 0.25) is 0 Å². The molecule has 1 rings (SSSR count). The molecule has 0 aromatic carbocycles. The predicted molar refractivity (Wildman–Crippen MR) is 77.9 cm³/mol. The molecular formula is C13H26N2O4S. The van der Waals surface area contributed by atoms with E-state index in [9.17, 15) is 13.2 Å². The largest absolute Gasteiger partial charge is 0.469 e. The Kier molecular flexibility index (Phi) is 6.91. The first-order chi connectivity index (χ1) is 9.36. The van der Waals surface area contributed by atoms with Crippen molar-refractivity contribution in [2.45, 2.75) is 51.6 Å². The van der Waals surface area contributed by atoms with Crippen molar-refractivity contribution in [1.82, 2.24) is 9.62 Å². The number of methoxy groups -OCH3 is 1. The second-order valence-corrected chi connectivity index (χ2v) is 7.49. The van der Waals surface area contributed by atoms with Crippen molar-refractivity contribution in [3.63, 3.8) is 0 Å². The maximum absolute atomic E-state index is 12.4. The average molecular weight is 306 g/mol. The summed E-state index contributed by atoms with van der Waals surface area (Å²) < 4.78 is 30.8. The van der Waals surface area contributed by atoms with E-state index in [2.05, 4.69) is 10.1 Å². The van der Waals surface area contributed by atoms with Crippen molar-refractivity contribution in [3.05, 3.63) is 0 Å². The number of nitrogens with zero attached hydrogens (tertiary/aromatic N) is 1. The molecule has 0 aliphatic carbocycles. The van der Waals surface area contributed by atoms with E-state index in [1.165, 1.54) is 7.11 Å². The first-order valence-corrected chi connectivity index (χ1v) is 8.77. The zero-order valence-corrected chi connectivity index (χ0v) is 13.4. The molecule has 0 radical (unpaired) electrons. The van der Waals surface area contributed by atoms with Crippen molar-refractivity contribution >= 4 is 16.0 Å². The SMILES string of the molecule is COC(=O)CCCS(=O)(=O)N(CC1CCCN1)C(C)C. The van der Waals surface area contributed by atoms with E-state index in [0.29, 0.717) is 13.0 Å². The van der Waals surface area contributed by atoms with Crippen LogP contribution in [-0.4, -0.2) is 56.7 Å². The van der Waals surface area contributed by atoms with Crippen LogP contribution in [0.4, 0.5) is 0 Å². The van der Waals surface area contributed by atoms with Crippen LogP contribution in [0.25, 0.3) is 0 Å². The van der Waals surface area contributed by atoms with E-state index >= 15 is 0 Å². The smallest absolute Gasteiger partial charge is 0.305 e. The highest BCUT2D eigenvalue weighted by atomic mass is 32.2. The molecule has 1 fully saturated rings. The average Bonchev–Trinajstić information content (AvgIpc) is 2.87. The summed E-state index contributed by atoms with van der Waals surface area (Å²) in [6, 6.07) is 0.174. The van der Waals surface area contributed by atoms with Crippen molar-refractivity contribution in [2.24, 2.45) is 0 Å². The molecule has 7 heteroatoms. The Morgan fingerprint density at radius 3 is 2.65 bits per heavy atom. The molecule has 0 spiro atoms. The highest BCUT2D eigenvalue weighted by Gasteiger charge is 2.28. The van der Waals surface area contributed by atoms with Crippen molar-refractivity contribution in [1.29, 1.82) is 0 Å². The Morgan fingerprint density at radius 2 is 2.15 bits per heavy atom. The lowest BCUT2D eigenvalue weighted by atomic mass is 10.2. The van der Waals surface area contributed by atoms with Crippen LogP contribution in [0.15, 0.2) is 0 Å². The zero-order valence-electron chi connectivity index (χ0n) is 12.6. The van der Waals surface area contributed by atoms with Crippen LogP contribution in [0.1, 0.15) is 39.5 Å². The number of rotatable bonds is 8. The highest BCUT2D eigenvalue weighted by molar-refractivity contribution is 7.89. The van der Waals surface area contributed by atoms with E-state index in [1.54, 1.807) is 4.31 Å². The van der Waals surface area contributed by atoms with Crippen LogP contribution < -0.4 is 5.32 Å². The van der Waals surface area contributed by atoms with Crippen molar-refractivity contribution in [3.8, 4) is 0 Å². The molecule has 1 heterocycles. The number of esters is 1. The molecule has 1 unspecified atom stereocenters. The summed E-state index contributed by atoms with van der Waals surface area (Å²) in [5, 5.41) is 3.32. The quantitative estimate of drug-likeness (QED) is 0.669. The summed E-state index contributed by atoms with van der Waals surface area (Å²) in [5.74, 6) is -0.374. The minimum atomic E-state index is -3.33. The van der Waals surface area contributed by atoms with Gasteiger partial charge in [-0.25, -0.2) is 8.42 Å². The molecule has 0 saturated carbocycles. The monoisotopic (exact) mass is 306 g/mol. The third-order valence-corrected chi connectivity index (χ3v) is 5.60. The van der Waals surface area contributed by atoms with Gasteiger partial charge in [-0.2, -0.15) is 4.31 Å². The van der Waals surface area contributed by atoms with Gasteiger partial charge in [-0.1, -0.05) is 0 Å². The number of nitrogens with one attached hydrogen (secondary N) is 1. The molecule has 20 heavy (non-hydrogen) atoms. The van der Waals surface area contributed by atoms with Gasteiger partial charge in [0.2, 0.25) is 10.0 Å². The third-order valence-electron chi connectivity index (χ3n) is 3.51. The van der Waals surface area contributed by atoms with Gasteiger partial charge in [0.1, 0.15) is 0 Å². The molecule has 0 aromatic heterocycles. The van der Waals surface area contributed by atoms with Gasteiger partial charge in [0.05, 0.1) is 12.9 Å². The third kappa shape index (κ3) is 5.38. The molecule has 0 aromatic rings. The first kappa shape index (κ1) is 17.4. The van der Waals surface area contributed by atoms with Crippen molar-refractivity contribution < 1.29 is 17.9 Å². The van der Waals surface area contributed by atoms with Gasteiger partial charge in [0.25, 0.3) is 0 Å². The summed E-state index contributed by atoms with van der Waals surface area (Å²) in [4.78, 5) is 11.0. The summed E-state index contributed by atoms with van der Waals surface area (Å²) in [6.45, 7) is 5.23. The van der Waals surface area contributed by atoms with Gasteiger partial charge in [0, 0.05) is 25.0 Å². The van der Waals surface area contributed by atoms with Gasteiger partial charge in [0.15, 0.2) is 0 Å². The molecule has 1 saturated heterocycles. The van der Waals surface area contributed by atoms with Gasteiger partial charge in [-0.3, -0.25) is 4.79 Å². The lowest BCUT2D eigenvalue weighted by molar-refractivity contribution is -0.140. The molecule has 1 N–H and O–H groups in total. The molecule has 1 aliphatic heterocycles. The number of carbonyl (C=O) groups excluding carboxylic acids is 1. The number of sulfonamides is 1. The van der Waals surface area contributed by atoms with Gasteiger partial charge in [-0.15, -0.1) is 0 Å². The molecule has 0 amide bonds. The minimum absolute atomic E-state index is 0.00694. The van der Waals surface area contributed by atoms with Crippen LogP contribution in [0.5, 0.6) is 0 Å². The lowest BCUT2D eigenvalue weighted by Crippen LogP contribution is -2.45. The Morgan fingerprint density at radius 1 is 1.45 bits per heavy atom. The number of hydrogen-bond donors (Lipinski definition) is 1. The second-order valence-electron chi connectivity index (χ2n) is 5.45. The van der Waals surface area contributed by atoms with Crippen LogP contribution in [-0.2, 0) is 19.6 Å². The Bertz CT molecular complexity index is 403. The topological polar surface area (TPSA) is 75.7 Å². The fraction of sp³-hybridized carbons (Fsp3) is 0.923. The summed E-state index contributed by atoms with van der Waals surface area (Å²) in [7, 11) is -2.02. The molecule has 1 atom stereocenters. The molecule has 6 nitrogen and oxygen atoms in total. The lowest BCUT2D eigenvalue weighted by Gasteiger charge is -2.28. The van der Waals surface area contributed by atoms with E-state index < -0.39 is 10.0 Å². The molecular weight excluding hydrogens is 280 g/mol.